The van der Waals surface area contributed by atoms with E-state index in [0.717, 1.165) is 30.4 Å². The van der Waals surface area contributed by atoms with E-state index >= 15 is 0 Å². The van der Waals surface area contributed by atoms with E-state index in [2.05, 4.69) is 22.7 Å². The first-order valence-electron chi connectivity index (χ1n) is 10.2. The minimum atomic E-state index is -0.365. The summed E-state index contributed by atoms with van der Waals surface area (Å²) in [7, 11) is 1.39. The van der Waals surface area contributed by atoms with Crippen LogP contribution in [0, 0.1) is 5.92 Å². The monoisotopic (exact) mass is 542 g/mol. The molecule has 1 aliphatic carbocycles. The topological polar surface area (TPSA) is 68.2 Å². The quantitative estimate of drug-likeness (QED) is 0.277. The third-order valence-corrected chi connectivity index (χ3v) is 7.80. The number of anilines is 2. The molecule has 4 rings (SSSR count). The Labute approximate surface area is 216 Å². The zero-order chi connectivity index (χ0) is 23.7. The second kappa shape index (κ2) is 10.2. The number of benzene rings is 1. The van der Waals surface area contributed by atoms with Crippen LogP contribution in [0.1, 0.15) is 39.7 Å². The van der Waals surface area contributed by atoms with Crippen molar-refractivity contribution in [3.63, 3.8) is 0 Å². The van der Waals surface area contributed by atoms with Gasteiger partial charge in [0.15, 0.2) is 10.9 Å². The van der Waals surface area contributed by atoms with Crippen LogP contribution in [0.2, 0.25) is 15.1 Å². The SMILES string of the molecule is COC(=O)c1c(NC(=S)Nc2nn(Cc3ccc(Cl)c(Cl)c3)cc2Cl)sc2c1CCC(C)C2. The molecule has 6 nitrogen and oxygen atoms in total. The molecule has 1 unspecified atom stereocenters. The number of thiocarbonyl (C=S) groups is 1. The van der Waals surface area contributed by atoms with E-state index in [1.165, 1.54) is 12.0 Å². The number of aromatic nitrogens is 2. The van der Waals surface area contributed by atoms with Gasteiger partial charge in [0.2, 0.25) is 0 Å². The largest absolute Gasteiger partial charge is 0.465 e. The normalized spacial score (nSPS) is 15.1. The fraction of sp³-hybridized carbons (Fsp3) is 0.318. The van der Waals surface area contributed by atoms with Crippen LogP contribution in [-0.4, -0.2) is 28.0 Å². The van der Waals surface area contributed by atoms with Crippen LogP contribution in [0.25, 0.3) is 0 Å². The second-order valence-corrected chi connectivity index (χ2v) is 10.6. The highest BCUT2D eigenvalue weighted by molar-refractivity contribution is 7.80. The molecule has 2 aromatic heterocycles. The Bertz CT molecular complexity index is 1220. The van der Waals surface area contributed by atoms with Crippen LogP contribution < -0.4 is 10.6 Å². The number of halogens is 3. The van der Waals surface area contributed by atoms with Crippen molar-refractivity contribution in [2.75, 3.05) is 17.7 Å². The van der Waals surface area contributed by atoms with Gasteiger partial charge in [-0.25, -0.2) is 4.79 Å². The third-order valence-electron chi connectivity index (χ3n) is 5.41. The van der Waals surface area contributed by atoms with Crippen LogP contribution in [-0.2, 0) is 24.1 Å². The average Bonchev–Trinajstić information content (AvgIpc) is 3.28. The molecule has 33 heavy (non-hydrogen) atoms. The first-order chi connectivity index (χ1) is 15.7. The lowest BCUT2D eigenvalue weighted by atomic mass is 9.88. The van der Waals surface area contributed by atoms with Crippen LogP contribution >= 0.6 is 58.4 Å². The summed E-state index contributed by atoms with van der Waals surface area (Å²) in [6, 6.07) is 5.40. The number of rotatable bonds is 5. The van der Waals surface area contributed by atoms with Crippen molar-refractivity contribution in [3.8, 4) is 0 Å². The first-order valence-corrected chi connectivity index (χ1v) is 12.6. The van der Waals surface area contributed by atoms with Gasteiger partial charge in [-0.2, -0.15) is 5.10 Å². The highest BCUT2D eigenvalue weighted by Gasteiger charge is 2.28. The van der Waals surface area contributed by atoms with Crippen molar-refractivity contribution in [3.05, 3.63) is 61.0 Å². The molecule has 0 amide bonds. The molecule has 0 saturated carbocycles. The van der Waals surface area contributed by atoms with Crippen molar-refractivity contribution in [1.29, 1.82) is 0 Å². The Morgan fingerprint density at radius 1 is 1.27 bits per heavy atom. The molecule has 0 fully saturated rings. The fourth-order valence-corrected chi connectivity index (χ4v) is 5.97. The maximum absolute atomic E-state index is 12.5. The molecule has 0 radical (unpaired) electrons. The number of hydrogen-bond acceptors (Lipinski definition) is 5. The van der Waals surface area contributed by atoms with E-state index in [0.29, 0.717) is 43.9 Å². The number of thiophene rings is 1. The van der Waals surface area contributed by atoms with Crippen LogP contribution in [0.15, 0.2) is 24.4 Å². The molecular formula is C22H21Cl3N4O2S2. The van der Waals surface area contributed by atoms with Crippen molar-refractivity contribution in [2.45, 2.75) is 32.7 Å². The molecule has 0 aliphatic heterocycles. The van der Waals surface area contributed by atoms with E-state index in [-0.39, 0.29) is 11.1 Å². The number of nitrogens with one attached hydrogen (secondary N) is 2. The maximum Gasteiger partial charge on any atom is 0.341 e. The van der Waals surface area contributed by atoms with Gasteiger partial charge in [0.25, 0.3) is 0 Å². The fourth-order valence-electron chi connectivity index (χ4n) is 3.79. The zero-order valence-electron chi connectivity index (χ0n) is 17.9. The number of ether oxygens (including phenoxy) is 1. The number of nitrogens with zero attached hydrogens (tertiary/aromatic N) is 2. The predicted molar refractivity (Wildman–Crippen MR) is 139 cm³/mol. The Hall–Kier alpha value is -1.84. The summed E-state index contributed by atoms with van der Waals surface area (Å²) in [5.41, 5.74) is 2.54. The summed E-state index contributed by atoms with van der Waals surface area (Å²) in [4.78, 5) is 13.7. The van der Waals surface area contributed by atoms with Crippen molar-refractivity contribution in [1.82, 2.24) is 9.78 Å². The van der Waals surface area contributed by atoms with Gasteiger partial charge in [0.1, 0.15) is 10.0 Å². The molecule has 174 valence electrons. The first kappa shape index (κ1) is 24.3. The highest BCUT2D eigenvalue weighted by Crippen LogP contribution is 2.40. The summed E-state index contributed by atoms with van der Waals surface area (Å²) in [5, 5.41) is 13.0. The Balaban J connectivity index is 1.49. The number of hydrogen-bond donors (Lipinski definition) is 2. The number of carbonyl (C=O) groups excluding carboxylic acids is 1. The molecular weight excluding hydrogens is 523 g/mol. The number of methoxy groups -OCH3 is 1. The summed E-state index contributed by atoms with van der Waals surface area (Å²) < 4.78 is 6.71. The maximum atomic E-state index is 12.5. The molecule has 1 aliphatic rings. The Kier molecular flexibility index (Phi) is 7.50. The highest BCUT2D eigenvalue weighted by atomic mass is 35.5. The smallest absolute Gasteiger partial charge is 0.341 e. The van der Waals surface area contributed by atoms with Gasteiger partial charge in [-0.1, -0.05) is 47.8 Å². The van der Waals surface area contributed by atoms with Gasteiger partial charge < -0.3 is 15.4 Å². The standard InChI is InChI=1S/C22H21Cl3N4O2S2/c1-11-3-5-13-17(7-11)33-20(18(13)21(30)31-2)27-22(32)26-19-16(25)10-29(28-19)9-12-4-6-14(23)15(24)8-12/h4,6,8,10-11H,3,5,7,9H2,1-2H3,(H2,26,27,28,32). The van der Waals surface area contributed by atoms with Crippen LogP contribution in [0.5, 0.6) is 0 Å². The van der Waals surface area contributed by atoms with Crippen LogP contribution in [0.4, 0.5) is 10.8 Å². The van der Waals surface area contributed by atoms with E-state index < -0.39 is 0 Å². The second-order valence-electron chi connectivity index (χ2n) is 7.90. The molecule has 0 saturated heterocycles. The lowest BCUT2D eigenvalue weighted by Gasteiger charge is -2.18. The Morgan fingerprint density at radius 2 is 2.06 bits per heavy atom. The van der Waals surface area contributed by atoms with Gasteiger partial charge in [0, 0.05) is 11.1 Å². The molecule has 1 aromatic carbocycles. The average molecular weight is 544 g/mol. The van der Waals surface area contributed by atoms with Gasteiger partial charge in [-0.3, -0.25) is 4.68 Å². The summed E-state index contributed by atoms with van der Waals surface area (Å²) in [6.07, 6.45) is 4.53. The van der Waals surface area contributed by atoms with E-state index in [9.17, 15) is 4.79 Å². The van der Waals surface area contributed by atoms with E-state index in [4.69, 9.17) is 51.8 Å². The van der Waals surface area contributed by atoms with Crippen LogP contribution in [0.3, 0.4) is 0 Å². The number of esters is 1. The molecule has 3 aromatic rings. The Morgan fingerprint density at radius 3 is 2.79 bits per heavy atom. The lowest BCUT2D eigenvalue weighted by Crippen LogP contribution is -2.21. The van der Waals surface area contributed by atoms with Crippen molar-refractivity contribution in [2.24, 2.45) is 5.92 Å². The van der Waals surface area contributed by atoms with Gasteiger partial charge in [0.05, 0.1) is 29.3 Å². The molecule has 1 atom stereocenters. The molecule has 0 bridgehead atoms. The number of fused-ring (bicyclic) bond motifs is 1. The van der Waals surface area contributed by atoms with Gasteiger partial charge >= 0.3 is 5.97 Å². The van der Waals surface area contributed by atoms with Crippen molar-refractivity contribution >= 4 is 80.3 Å². The lowest BCUT2D eigenvalue weighted by molar-refractivity contribution is 0.0601. The van der Waals surface area contributed by atoms with E-state index in [1.807, 2.05) is 6.07 Å². The summed E-state index contributed by atoms with van der Waals surface area (Å²) >= 11 is 25.5. The van der Waals surface area contributed by atoms with Gasteiger partial charge in [-0.05, 0) is 60.7 Å². The van der Waals surface area contributed by atoms with Crippen molar-refractivity contribution < 1.29 is 9.53 Å². The minimum Gasteiger partial charge on any atom is -0.465 e. The van der Waals surface area contributed by atoms with Gasteiger partial charge in [-0.15, -0.1) is 11.3 Å². The molecule has 2 heterocycles. The molecule has 0 spiro atoms. The number of carbonyl (C=O) groups is 1. The molecule has 2 N–H and O–H groups in total. The summed E-state index contributed by atoms with van der Waals surface area (Å²) in [5.74, 6) is 0.623. The predicted octanol–water partition coefficient (Wildman–Crippen LogP) is 6.67. The minimum absolute atomic E-state index is 0.286. The van der Waals surface area contributed by atoms with E-state index in [1.54, 1.807) is 34.3 Å². The third kappa shape index (κ3) is 5.46. The zero-order valence-corrected chi connectivity index (χ0v) is 21.8. The summed E-state index contributed by atoms with van der Waals surface area (Å²) in [6.45, 7) is 2.68. The molecule has 11 heteroatoms.